The van der Waals surface area contributed by atoms with Crippen LogP contribution < -0.4 is 0 Å². The Balaban J connectivity index is 1.06. The second kappa shape index (κ2) is 11.1. The first-order valence-electron chi connectivity index (χ1n) is 17.3. The molecule has 2 heteroatoms. The average Bonchev–Trinajstić information content (AvgIpc) is 3.66. The van der Waals surface area contributed by atoms with E-state index in [-0.39, 0.29) is 0 Å². The standard InChI is InChI=1S/C48H34N2/c1-31-25-32(2)27-40(26-31)50-45-13-7-5-11-41(45)43-23-20-38(30-48(43)50)35-17-15-34(16-18-35)37-21-24-47-44(29-37)42-12-6-8-14-46(42)49(47)39-22-19-33-9-3-4-10-36(33)28-39/h3-30H,1-2H3. The molecular weight excluding hydrogens is 605 g/mol. The zero-order valence-corrected chi connectivity index (χ0v) is 28.1. The molecule has 10 rings (SSSR count). The minimum absolute atomic E-state index is 1.18. The Bertz CT molecular complexity index is 2920. The first-order valence-corrected chi connectivity index (χ1v) is 17.3. The number of nitrogens with zero attached hydrogens (tertiary/aromatic N) is 2. The number of aryl methyl sites for hydroxylation is 2. The number of benzene rings is 8. The van der Waals surface area contributed by atoms with Crippen molar-refractivity contribution in [3.63, 3.8) is 0 Å². The Hall–Kier alpha value is -6.38. The summed E-state index contributed by atoms with van der Waals surface area (Å²) in [4.78, 5) is 0. The van der Waals surface area contributed by atoms with E-state index in [9.17, 15) is 0 Å². The van der Waals surface area contributed by atoms with Crippen LogP contribution in [0, 0.1) is 13.8 Å². The third-order valence-electron chi connectivity index (χ3n) is 10.4. The Labute approximate surface area is 291 Å². The summed E-state index contributed by atoms with van der Waals surface area (Å²) in [6, 6.07) is 62.5. The van der Waals surface area contributed by atoms with Gasteiger partial charge in [0.25, 0.3) is 0 Å². The fourth-order valence-corrected chi connectivity index (χ4v) is 8.11. The van der Waals surface area contributed by atoms with Crippen LogP contribution in [0.15, 0.2) is 170 Å². The molecule has 0 aliphatic rings. The Morgan fingerprint density at radius 2 is 0.820 bits per heavy atom. The summed E-state index contributed by atoms with van der Waals surface area (Å²) in [7, 11) is 0. The molecular formula is C48H34N2. The maximum absolute atomic E-state index is 2.42. The van der Waals surface area contributed by atoms with Gasteiger partial charge in [-0.2, -0.15) is 0 Å². The van der Waals surface area contributed by atoms with Crippen molar-refractivity contribution in [3.8, 4) is 33.6 Å². The van der Waals surface area contributed by atoms with E-state index in [4.69, 9.17) is 0 Å². The van der Waals surface area contributed by atoms with Crippen LogP contribution in [0.25, 0.3) is 88.0 Å². The van der Waals surface area contributed by atoms with E-state index in [2.05, 4.69) is 193 Å². The second-order valence-electron chi connectivity index (χ2n) is 13.6. The van der Waals surface area contributed by atoms with Gasteiger partial charge in [-0.1, -0.05) is 115 Å². The molecule has 0 atom stereocenters. The summed E-state index contributed by atoms with van der Waals surface area (Å²) < 4.78 is 4.82. The maximum Gasteiger partial charge on any atom is 0.0547 e. The van der Waals surface area contributed by atoms with Gasteiger partial charge in [-0.05, 0) is 113 Å². The molecule has 0 spiro atoms. The van der Waals surface area contributed by atoms with Crippen molar-refractivity contribution in [2.24, 2.45) is 0 Å². The summed E-state index contributed by atoms with van der Waals surface area (Å²) in [5.41, 5.74) is 14.7. The van der Waals surface area contributed by atoms with E-state index in [0.29, 0.717) is 0 Å². The number of para-hydroxylation sites is 2. The van der Waals surface area contributed by atoms with Crippen LogP contribution in [-0.2, 0) is 0 Å². The Morgan fingerprint density at radius 1 is 0.300 bits per heavy atom. The van der Waals surface area contributed by atoms with E-state index in [1.54, 1.807) is 0 Å². The van der Waals surface area contributed by atoms with Crippen molar-refractivity contribution >= 4 is 54.4 Å². The zero-order valence-electron chi connectivity index (χ0n) is 28.1. The third kappa shape index (κ3) is 4.49. The second-order valence-corrected chi connectivity index (χ2v) is 13.6. The zero-order chi connectivity index (χ0) is 33.3. The third-order valence-corrected chi connectivity index (χ3v) is 10.4. The SMILES string of the molecule is Cc1cc(C)cc(-n2c3ccccc3c3ccc(-c4ccc(-c5ccc6c(c5)c5ccccc5n6-c5ccc6ccccc6c5)cc4)cc32)c1. The van der Waals surface area contributed by atoms with Gasteiger partial charge in [0.15, 0.2) is 0 Å². The van der Waals surface area contributed by atoms with Crippen LogP contribution >= 0.6 is 0 Å². The van der Waals surface area contributed by atoms with Crippen LogP contribution in [-0.4, -0.2) is 9.13 Å². The highest BCUT2D eigenvalue weighted by Gasteiger charge is 2.16. The number of rotatable bonds is 4. The lowest BCUT2D eigenvalue weighted by atomic mass is 9.98. The summed E-state index contributed by atoms with van der Waals surface area (Å²) in [5, 5.41) is 7.59. The van der Waals surface area contributed by atoms with Gasteiger partial charge in [0.1, 0.15) is 0 Å². The van der Waals surface area contributed by atoms with E-state index in [0.717, 1.165) is 0 Å². The predicted molar refractivity (Wildman–Crippen MR) is 213 cm³/mol. The van der Waals surface area contributed by atoms with E-state index in [1.807, 2.05) is 0 Å². The average molecular weight is 639 g/mol. The minimum atomic E-state index is 1.18. The van der Waals surface area contributed by atoms with Crippen molar-refractivity contribution in [3.05, 3.63) is 181 Å². The van der Waals surface area contributed by atoms with Gasteiger partial charge in [-0.15, -0.1) is 0 Å². The molecule has 0 fully saturated rings. The summed E-state index contributed by atoms with van der Waals surface area (Å²) in [6.07, 6.45) is 0. The highest BCUT2D eigenvalue weighted by molar-refractivity contribution is 6.11. The molecule has 0 saturated carbocycles. The molecule has 0 amide bonds. The smallest absolute Gasteiger partial charge is 0.0547 e. The molecule has 0 radical (unpaired) electrons. The van der Waals surface area contributed by atoms with Gasteiger partial charge in [0.2, 0.25) is 0 Å². The first-order chi connectivity index (χ1) is 24.6. The van der Waals surface area contributed by atoms with E-state index < -0.39 is 0 Å². The molecule has 0 aliphatic heterocycles. The Kier molecular flexibility index (Phi) is 6.34. The molecule has 10 aromatic rings. The molecule has 0 N–H and O–H groups in total. The molecule has 236 valence electrons. The van der Waals surface area contributed by atoms with Crippen molar-refractivity contribution in [2.45, 2.75) is 13.8 Å². The van der Waals surface area contributed by atoms with Gasteiger partial charge in [-0.3, -0.25) is 0 Å². The lowest BCUT2D eigenvalue weighted by Crippen LogP contribution is -1.95. The highest BCUT2D eigenvalue weighted by atomic mass is 15.0. The molecule has 8 aromatic carbocycles. The number of fused-ring (bicyclic) bond motifs is 7. The lowest BCUT2D eigenvalue weighted by molar-refractivity contribution is 1.16. The molecule has 2 heterocycles. The van der Waals surface area contributed by atoms with Gasteiger partial charge < -0.3 is 9.13 Å². The first kappa shape index (κ1) is 28.6. The fraction of sp³-hybridized carbons (Fsp3) is 0.0417. The van der Waals surface area contributed by atoms with Crippen LogP contribution in [0.3, 0.4) is 0 Å². The van der Waals surface area contributed by atoms with Crippen LogP contribution in [0.1, 0.15) is 11.1 Å². The van der Waals surface area contributed by atoms with Crippen LogP contribution in [0.5, 0.6) is 0 Å². The molecule has 0 unspecified atom stereocenters. The van der Waals surface area contributed by atoms with Gasteiger partial charge in [0, 0.05) is 32.9 Å². The Morgan fingerprint density at radius 3 is 1.54 bits per heavy atom. The van der Waals surface area contributed by atoms with Gasteiger partial charge >= 0.3 is 0 Å². The highest BCUT2D eigenvalue weighted by Crippen LogP contribution is 2.38. The fourth-order valence-electron chi connectivity index (χ4n) is 8.11. The number of hydrogen-bond donors (Lipinski definition) is 0. The van der Waals surface area contributed by atoms with E-state index in [1.165, 1.54) is 99.1 Å². The summed E-state index contributed by atoms with van der Waals surface area (Å²) in [6.45, 7) is 4.36. The molecule has 2 aromatic heterocycles. The molecule has 0 bridgehead atoms. The lowest BCUT2D eigenvalue weighted by Gasteiger charge is -2.11. The quantitative estimate of drug-likeness (QED) is 0.182. The molecule has 0 saturated heterocycles. The van der Waals surface area contributed by atoms with Crippen LogP contribution in [0.2, 0.25) is 0 Å². The largest absolute Gasteiger partial charge is 0.309 e. The normalized spacial score (nSPS) is 11.8. The molecule has 2 nitrogen and oxygen atoms in total. The van der Waals surface area contributed by atoms with Crippen molar-refractivity contribution in [1.82, 2.24) is 9.13 Å². The predicted octanol–water partition coefficient (Wildman–Crippen LogP) is 13.0. The van der Waals surface area contributed by atoms with Gasteiger partial charge in [0.05, 0.1) is 22.1 Å². The van der Waals surface area contributed by atoms with Crippen molar-refractivity contribution < 1.29 is 0 Å². The summed E-state index contributed by atoms with van der Waals surface area (Å²) in [5.74, 6) is 0. The van der Waals surface area contributed by atoms with Crippen LogP contribution in [0.4, 0.5) is 0 Å². The molecule has 50 heavy (non-hydrogen) atoms. The topological polar surface area (TPSA) is 9.86 Å². The van der Waals surface area contributed by atoms with Crippen molar-refractivity contribution in [1.29, 1.82) is 0 Å². The number of hydrogen-bond acceptors (Lipinski definition) is 0. The van der Waals surface area contributed by atoms with Crippen molar-refractivity contribution in [2.75, 3.05) is 0 Å². The molecule has 0 aliphatic carbocycles. The maximum atomic E-state index is 2.42. The monoisotopic (exact) mass is 638 g/mol. The van der Waals surface area contributed by atoms with E-state index >= 15 is 0 Å². The van der Waals surface area contributed by atoms with Gasteiger partial charge in [-0.25, -0.2) is 0 Å². The minimum Gasteiger partial charge on any atom is -0.309 e. The number of aromatic nitrogens is 2. The summed E-state index contributed by atoms with van der Waals surface area (Å²) >= 11 is 0.